The summed E-state index contributed by atoms with van der Waals surface area (Å²) in [6, 6.07) is 3.97. The lowest BCUT2D eigenvalue weighted by Gasteiger charge is -2.43. The second kappa shape index (κ2) is 8.13. The van der Waals surface area contributed by atoms with E-state index in [0.29, 0.717) is 24.3 Å². The molecule has 1 aliphatic heterocycles. The first kappa shape index (κ1) is 20.4. The summed E-state index contributed by atoms with van der Waals surface area (Å²) in [4.78, 5) is 28.5. The van der Waals surface area contributed by atoms with Crippen LogP contribution in [0.15, 0.2) is 34.7 Å². The molecule has 0 spiro atoms. The zero-order valence-electron chi connectivity index (χ0n) is 17.1. The van der Waals surface area contributed by atoms with Gasteiger partial charge in [0, 0.05) is 47.8 Å². The number of ketones is 2. The molecule has 0 saturated carbocycles. The Balaban J connectivity index is 1.98. The normalized spacial score (nSPS) is 20.1. The highest BCUT2D eigenvalue weighted by atomic mass is 127. The largest absolute Gasteiger partial charge is 0.493 e. The number of nitrogens with zero attached hydrogens (tertiary/aromatic N) is 1. The van der Waals surface area contributed by atoms with Crippen molar-refractivity contribution in [2.75, 3.05) is 20.8 Å². The maximum Gasteiger partial charge on any atom is 0.174 e. The molecule has 29 heavy (non-hydrogen) atoms. The van der Waals surface area contributed by atoms with E-state index >= 15 is 0 Å². The van der Waals surface area contributed by atoms with E-state index in [4.69, 9.17) is 9.47 Å². The predicted octanol–water partition coefficient (Wildman–Crippen LogP) is 4.74. The van der Waals surface area contributed by atoms with Gasteiger partial charge in [-0.25, -0.2) is 0 Å². The third kappa shape index (κ3) is 3.29. The summed E-state index contributed by atoms with van der Waals surface area (Å²) in [5.41, 5.74) is 4.80. The molecule has 4 rings (SSSR count). The van der Waals surface area contributed by atoms with Crippen molar-refractivity contribution in [1.82, 2.24) is 4.90 Å². The van der Waals surface area contributed by atoms with Gasteiger partial charge in [0.25, 0.3) is 0 Å². The zero-order chi connectivity index (χ0) is 20.7. The average molecular weight is 507 g/mol. The summed E-state index contributed by atoms with van der Waals surface area (Å²) < 4.78 is 12.0. The van der Waals surface area contributed by atoms with Crippen LogP contribution in [0.25, 0.3) is 0 Å². The molecule has 0 fully saturated rings. The van der Waals surface area contributed by atoms with Crippen molar-refractivity contribution in [1.29, 1.82) is 0 Å². The monoisotopic (exact) mass is 507 g/mol. The Bertz CT molecular complexity index is 902. The fraction of sp³-hybridized carbons (Fsp3) is 0.478. The van der Waals surface area contributed by atoms with Gasteiger partial charge < -0.3 is 14.4 Å². The highest BCUT2D eigenvalue weighted by Crippen LogP contribution is 2.50. The van der Waals surface area contributed by atoms with Gasteiger partial charge in [-0.15, -0.1) is 0 Å². The quantitative estimate of drug-likeness (QED) is 0.552. The zero-order valence-corrected chi connectivity index (χ0v) is 19.3. The van der Waals surface area contributed by atoms with Gasteiger partial charge in [0.1, 0.15) is 0 Å². The molecule has 0 aromatic heterocycles. The number of allylic oxidation sites excluding steroid dienone is 4. The second-order valence-corrected chi connectivity index (χ2v) is 8.85. The van der Waals surface area contributed by atoms with Crippen LogP contribution in [0.5, 0.6) is 11.5 Å². The Morgan fingerprint density at radius 2 is 1.55 bits per heavy atom. The van der Waals surface area contributed by atoms with Crippen molar-refractivity contribution in [2.24, 2.45) is 0 Å². The number of benzene rings is 1. The summed E-state index contributed by atoms with van der Waals surface area (Å²) >= 11 is 2.23. The molecule has 3 aliphatic rings. The van der Waals surface area contributed by atoms with Crippen LogP contribution in [0.2, 0.25) is 0 Å². The minimum Gasteiger partial charge on any atom is -0.493 e. The van der Waals surface area contributed by atoms with E-state index in [0.717, 1.165) is 63.9 Å². The second-order valence-electron chi connectivity index (χ2n) is 7.69. The van der Waals surface area contributed by atoms with E-state index in [1.807, 2.05) is 12.1 Å². The third-order valence-corrected chi connectivity index (χ3v) is 6.99. The lowest BCUT2D eigenvalue weighted by Crippen LogP contribution is -2.39. The topological polar surface area (TPSA) is 55.8 Å². The van der Waals surface area contributed by atoms with Crippen LogP contribution in [0.3, 0.4) is 0 Å². The molecule has 5 nitrogen and oxygen atoms in total. The Hall–Kier alpha value is -1.83. The minimum absolute atomic E-state index is 0.171. The van der Waals surface area contributed by atoms with Crippen LogP contribution in [0.4, 0.5) is 0 Å². The number of methoxy groups -OCH3 is 2. The van der Waals surface area contributed by atoms with E-state index in [1.165, 1.54) is 0 Å². The Morgan fingerprint density at radius 1 is 0.966 bits per heavy atom. The predicted molar refractivity (Wildman–Crippen MR) is 119 cm³/mol. The number of Topliss-reactive ketones (excluding diaryl/α,β-unsaturated/α-hetero) is 2. The van der Waals surface area contributed by atoms with E-state index in [9.17, 15) is 9.59 Å². The number of halogens is 1. The van der Waals surface area contributed by atoms with Gasteiger partial charge >= 0.3 is 0 Å². The van der Waals surface area contributed by atoms with Crippen LogP contribution in [0, 0.1) is 3.57 Å². The molecule has 6 heteroatoms. The highest BCUT2D eigenvalue weighted by molar-refractivity contribution is 14.1. The first-order valence-electron chi connectivity index (χ1n) is 10.2. The molecule has 0 atom stereocenters. The van der Waals surface area contributed by atoms with Gasteiger partial charge in [-0.2, -0.15) is 0 Å². The van der Waals surface area contributed by atoms with E-state index in [1.54, 1.807) is 14.2 Å². The summed E-state index contributed by atoms with van der Waals surface area (Å²) in [7, 11) is 3.24. The minimum atomic E-state index is -0.309. The molecule has 2 aliphatic carbocycles. The first-order valence-corrected chi connectivity index (χ1v) is 11.3. The summed E-state index contributed by atoms with van der Waals surface area (Å²) in [6.07, 6.45) is 4.63. The van der Waals surface area contributed by atoms with Crippen LogP contribution >= 0.6 is 22.6 Å². The third-order valence-electron chi connectivity index (χ3n) is 6.19. The van der Waals surface area contributed by atoms with Crippen molar-refractivity contribution < 1.29 is 19.1 Å². The van der Waals surface area contributed by atoms with Crippen LogP contribution < -0.4 is 9.47 Å². The Kier molecular flexibility index (Phi) is 5.73. The molecule has 0 N–H and O–H groups in total. The van der Waals surface area contributed by atoms with E-state index in [2.05, 4.69) is 34.4 Å². The van der Waals surface area contributed by atoms with Gasteiger partial charge in [0.15, 0.2) is 23.1 Å². The lowest BCUT2D eigenvalue weighted by atomic mass is 9.71. The van der Waals surface area contributed by atoms with Gasteiger partial charge in [-0.3, -0.25) is 9.59 Å². The van der Waals surface area contributed by atoms with E-state index < -0.39 is 0 Å². The fourth-order valence-corrected chi connectivity index (χ4v) is 5.88. The number of rotatable bonds is 4. The molecule has 0 saturated heterocycles. The number of ether oxygens (including phenoxy) is 2. The molecule has 1 heterocycles. The maximum atomic E-state index is 13.1. The maximum absolute atomic E-state index is 13.1. The van der Waals surface area contributed by atoms with Crippen molar-refractivity contribution in [3.63, 3.8) is 0 Å². The smallest absolute Gasteiger partial charge is 0.174 e. The highest BCUT2D eigenvalue weighted by Gasteiger charge is 2.43. The molecule has 0 unspecified atom stereocenters. The van der Waals surface area contributed by atoms with Crippen molar-refractivity contribution in [3.05, 3.63) is 43.8 Å². The van der Waals surface area contributed by atoms with Crippen molar-refractivity contribution in [2.45, 2.75) is 51.4 Å². The number of carbonyl (C=O) groups is 2. The van der Waals surface area contributed by atoms with Gasteiger partial charge in [0.05, 0.1) is 17.8 Å². The Labute approximate surface area is 185 Å². The molecule has 1 aromatic carbocycles. The fourth-order valence-electron chi connectivity index (χ4n) is 5.04. The standard InChI is InChI=1S/C23H26INO4/c1-4-25-15-7-5-9-17(26)21(15)20(22-16(25)8-6-10-18(22)27)13-11-14(24)23(29-3)19(12-13)28-2/h11-12,20H,4-10H2,1-3H3. The summed E-state index contributed by atoms with van der Waals surface area (Å²) in [6.45, 7) is 2.89. The number of carbonyl (C=O) groups excluding carboxylic acids is 2. The molecule has 0 bridgehead atoms. The van der Waals surface area contributed by atoms with Gasteiger partial charge in [-0.05, 0) is 72.9 Å². The molecule has 154 valence electrons. The number of hydrogen-bond acceptors (Lipinski definition) is 5. The van der Waals surface area contributed by atoms with Crippen LogP contribution in [0.1, 0.15) is 56.9 Å². The molecule has 0 radical (unpaired) electrons. The first-order chi connectivity index (χ1) is 14.0. The van der Waals surface area contributed by atoms with Crippen molar-refractivity contribution in [3.8, 4) is 11.5 Å². The lowest BCUT2D eigenvalue weighted by molar-refractivity contribution is -0.117. The molecule has 1 aromatic rings. The molecule has 0 amide bonds. The summed E-state index contributed by atoms with van der Waals surface area (Å²) in [5.74, 6) is 1.34. The average Bonchev–Trinajstić information content (AvgIpc) is 2.72. The SMILES string of the molecule is CCN1C2=C(C(=O)CCC2)C(c2cc(I)c(OC)c(OC)c2)C2=C1CCCC2=O. The van der Waals surface area contributed by atoms with Gasteiger partial charge in [-0.1, -0.05) is 0 Å². The van der Waals surface area contributed by atoms with E-state index in [-0.39, 0.29) is 17.5 Å². The van der Waals surface area contributed by atoms with Crippen LogP contribution in [-0.2, 0) is 9.59 Å². The van der Waals surface area contributed by atoms with Gasteiger partial charge in [0.2, 0.25) is 0 Å². The number of hydrogen-bond donors (Lipinski definition) is 0. The summed E-state index contributed by atoms with van der Waals surface area (Å²) in [5, 5.41) is 0. The van der Waals surface area contributed by atoms with Crippen LogP contribution in [-0.4, -0.2) is 37.2 Å². The van der Waals surface area contributed by atoms with Crippen molar-refractivity contribution >= 4 is 34.2 Å². The Morgan fingerprint density at radius 3 is 2.03 bits per heavy atom. The molecular weight excluding hydrogens is 481 g/mol. The molecular formula is C23H26INO4.